The Balaban J connectivity index is 1.53. The molecular formula is C20H18N6O5S2. The molecule has 1 fully saturated rings. The van der Waals surface area contributed by atoms with Gasteiger partial charge in [-0.1, -0.05) is 23.4 Å². The monoisotopic (exact) mass is 486 g/mol. The van der Waals surface area contributed by atoms with Crippen molar-refractivity contribution >= 4 is 57.8 Å². The van der Waals surface area contributed by atoms with Gasteiger partial charge in [0.1, 0.15) is 29.9 Å². The number of β-lactam (4-membered cyclic amide) rings is 1. The predicted octanol–water partition coefficient (Wildman–Crippen LogP) is 0.923. The highest BCUT2D eigenvalue weighted by molar-refractivity contribution is 8.00. The van der Waals surface area contributed by atoms with Crippen LogP contribution in [-0.2, 0) is 19.2 Å². The average molecular weight is 487 g/mol. The molecule has 0 radical (unpaired) electrons. The van der Waals surface area contributed by atoms with Crippen LogP contribution in [0.5, 0.6) is 0 Å². The number of carbonyl (C=O) groups is 3. The number of carbonyl (C=O) groups excluding carboxylic acids is 2. The number of pyridine rings is 1. The number of carboxylic acids is 1. The number of nitrogens with one attached hydrogen (secondary N) is 1. The number of nitrogen functional groups attached to an aromatic ring is 1. The molecule has 2 aromatic rings. The van der Waals surface area contributed by atoms with Gasteiger partial charge in [-0.15, -0.1) is 23.1 Å². The quantitative estimate of drug-likeness (QED) is 0.294. The Morgan fingerprint density at radius 2 is 2.24 bits per heavy atom. The highest BCUT2D eigenvalue weighted by Crippen LogP contribution is 2.40. The van der Waals surface area contributed by atoms with Crippen LogP contribution in [0.2, 0.25) is 0 Å². The summed E-state index contributed by atoms with van der Waals surface area (Å²) in [7, 11) is 1.28. The fourth-order valence-electron chi connectivity index (χ4n) is 3.34. The Morgan fingerprint density at radius 3 is 2.88 bits per heavy atom. The SMILES string of the molecule is CON=C(C(=O)N[C@@H]1C(=O)N2C(C(=O)O)=C(/C=C\c3cccnc3)CS[C@H]12)c1csc(N)n1. The van der Waals surface area contributed by atoms with E-state index in [1.54, 1.807) is 36.0 Å². The number of thiazole rings is 1. The Morgan fingerprint density at radius 1 is 1.42 bits per heavy atom. The molecule has 2 aliphatic rings. The number of anilines is 1. The Labute approximate surface area is 196 Å². The van der Waals surface area contributed by atoms with Crippen molar-refractivity contribution in [1.82, 2.24) is 20.2 Å². The molecule has 0 unspecified atom stereocenters. The van der Waals surface area contributed by atoms with E-state index in [9.17, 15) is 19.5 Å². The lowest BCUT2D eigenvalue weighted by molar-refractivity contribution is -0.150. The van der Waals surface area contributed by atoms with Gasteiger partial charge in [-0.3, -0.25) is 19.5 Å². The minimum atomic E-state index is -1.22. The molecule has 170 valence electrons. The second-order valence-electron chi connectivity index (χ2n) is 6.85. The van der Waals surface area contributed by atoms with Crippen molar-refractivity contribution in [3.05, 3.63) is 58.5 Å². The summed E-state index contributed by atoms with van der Waals surface area (Å²) < 4.78 is 0. The molecule has 2 atom stereocenters. The number of hydrogen-bond donors (Lipinski definition) is 3. The molecule has 0 saturated carbocycles. The number of carboxylic acid groups (broad SMARTS) is 1. The van der Waals surface area contributed by atoms with E-state index in [0.717, 1.165) is 16.9 Å². The molecule has 2 amide bonds. The van der Waals surface area contributed by atoms with Crippen molar-refractivity contribution in [2.75, 3.05) is 18.6 Å². The molecule has 0 spiro atoms. The lowest BCUT2D eigenvalue weighted by Crippen LogP contribution is -2.71. The second kappa shape index (κ2) is 9.42. The standard InChI is InChI=1S/C20H18N6O5S2/c1-31-25-13(12-9-33-20(21)23-12)16(27)24-14-17(28)26-15(19(29)30)11(8-32-18(14)26)5-4-10-3-2-6-22-7-10/h2-7,9,14,18H,8H2,1H3,(H2,21,23)(H,24,27)(H,29,30)/b5-4-,25-13?/t14-,18-/m1/s1. The van der Waals surface area contributed by atoms with Crippen LogP contribution in [0.15, 0.2) is 52.4 Å². The third-order valence-corrected chi connectivity index (χ3v) is 6.79. The van der Waals surface area contributed by atoms with Gasteiger partial charge in [0.2, 0.25) is 0 Å². The Bertz CT molecular complexity index is 1190. The molecule has 0 aliphatic carbocycles. The zero-order valence-corrected chi connectivity index (χ0v) is 18.8. The Hall–Kier alpha value is -3.71. The summed E-state index contributed by atoms with van der Waals surface area (Å²) in [6.45, 7) is 0. The molecule has 33 heavy (non-hydrogen) atoms. The minimum absolute atomic E-state index is 0.104. The number of fused-ring (bicyclic) bond motifs is 1. The number of aliphatic carboxylic acids is 1. The van der Waals surface area contributed by atoms with Crippen molar-refractivity contribution in [3.63, 3.8) is 0 Å². The molecule has 4 heterocycles. The third kappa shape index (κ3) is 4.45. The number of aromatic nitrogens is 2. The van der Waals surface area contributed by atoms with Crippen molar-refractivity contribution in [2.24, 2.45) is 5.16 Å². The molecule has 11 nitrogen and oxygen atoms in total. The first-order chi connectivity index (χ1) is 15.9. The number of rotatable bonds is 7. The maximum atomic E-state index is 12.8. The topological polar surface area (TPSA) is 160 Å². The lowest BCUT2D eigenvalue weighted by atomic mass is 10.0. The molecule has 2 aliphatic heterocycles. The normalized spacial score (nSPS) is 20.5. The van der Waals surface area contributed by atoms with Gasteiger partial charge < -0.3 is 21.0 Å². The van der Waals surface area contributed by atoms with Crippen LogP contribution in [0.3, 0.4) is 0 Å². The smallest absolute Gasteiger partial charge is 0.352 e. The van der Waals surface area contributed by atoms with Crippen LogP contribution >= 0.6 is 23.1 Å². The molecular weight excluding hydrogens is 468 g/mol. The summed E-state index contributed by atoms with van der Waals surface area (Å²) in [5.41, 5.74) is 6.89. The summed E-state index contributed by atoms with van der Waals surface area (Å²) in [6.07, 6.45) is 6.69. The van der Waals surface area contributed by atoms with Crippen LogP contribution < -0.4 is 11.1 Å². The Kier molecular flexibility index (Phi) is 6.42. The van der Waals surface area contributed by atoms with E-state index in [1.807, 2.05) is 6.07 Å². The van der Waals surface area contributed by atoms with Gasteiger partial charge in [0.05, 0.1) is 0 Å². The van der Waals surface area contributed by atoms with E-state index in [0.29, 0.717) is 11.3 Å². The van der Waals surface area contributed by atoms with E-state index < -0.39 is 29.2 Å². The summed E-state index contributed by atoms with van der Waals surface area (Å²) in [5, 5.41) is 17.3. The zero-order chi connectivity index (χ0) is 23.5. The van der Waals surface area contributed by atoms with Crippen molar-refractivity contribution in [2.45, 2.75) is 11.4 Å². The highest BCUT2D eigenvalue weighted by Gasteiger charge is 2.54. The van der Waals surface area contributed by atoms with Gasteiger partial charge >= 0.3 is 5.97 Å². The molecule has 13 heteroatoms. The first-order valence-electron chi connectivity index (χ1n) is 9.53. The van der Waals surface area contributed by atoms with E-state index in [2.05, 4.69) is 20.4 Å². The van der Waals surface area contributed by atoms with Gasteiger partial charge in [0.25, 0.3) is 11.8 Å². The van der Waals surface area contributed by atoms with E-state index in [1.165, 1.54) is 23.8 Å². The van der Waals surface area contributed by atoms with E-state index >= 15 is 0 Å². The largest absolute Gasteiger partial charge is 0.477 e. The number of thioether (sulfide) groups is 1. The van der Waals surface area contributed by atoms with Crippen LogP contribution in [0, 0.1) is 0 Å². The zero-order valence-electron chi connectivity index (χ0n) is 17.2. The van der Waals surface area contributed by atoms with Crippen molar-refractivity contribution in [1.29, 1.82) is 0 Å². The van der Waals surface area contributed by atoms with Gasteiger partial charge in [-0.05, 0) is 17.2 Å². The number of hydrogen-bond acceptors (Lipinski definition) is 10. The molecule has 4 N–H and O–H groups in total. The fourth-order valence-corrected chi connectivity index (χ4v) is 5.21. The van der Waals surface area contributed by atoms with Crippen LogP contribution in [0.25, 0.3) is 6.08 Å². The maximum Gasteiger partial charge on any atom is 0.352 e. The maximum absolute atomic E-state index is 12.8. The highest BCUT2D eigenvalue weighted by atomic mass is 32.2. The molecule has 1 saturated heterocycles. The first kappa shape index (κ1) is 22.5. The summed E-state index contributed by atoms with van der Waals surface area (Å²) in [4.78, 5) is 51.6. The van der Waals surface area contributed by atoms with E-state index in [-0.39, 0.29) is 22.2 Å². The van der Waals surface area contributed by atoms with Crippen molar-refractivity contribution < 1.29 is 24.3 Å². The van der Waals surface area contributed by atoms with Gasteiger partial charge in [0.15, 0.2) is 10.8 Å². The van der Waals surface area contributed by atoms with Crippen molar-refractivity contribution in [3.8, 4) is 0 Å². The molecule has 2 aromatic heterocycles. The van der Waals surface area contributed by atoms with Crippen LogP contribution in [-0.4, -0.2) is 67.7 Å². The summed E-state index contributed by atoms with van der Waals surface area (Å²) in [5.74, 6) is -2.08. The minimum Gasteiger partial charge on any atom is -0.477 e. The molecule has 4 rings (SSSR count). The fraction of sp³-hybridized carbons (Fsp3) is 0.200. The third-order valence-electron chi connectivity index (χ3n) is 4.81. The van der Waals surface area contributed by atoms with Gasteiger partial charge in [-0.25, -0.2) is 9.78 Å². The van der Waals surface area contributed by atoms with Crippen LogP contribution in [0.1, 0.15) is 11.3 Å². The summed E-state index contributed by atoms with van der Waals surface area (Å²) in [6, 6.07) is 2.68. The number of nitrogens with zero attached hydrogens (tertiary/aromatic N) is 4. The van der Waals surface area contributed by atoms with Gasteiger partial charge in [0, 0.05) is 23.5 Å². The number of nitrogens with two attached hydrogens (primary N) is 1. The lowest BCUT2D eigenvalue weighted by Gasteiger charge is -2.49. The molecule has 0 aromatic carbocycles. The van der Waals surface area contributed by atoms with E-state index in [4.69, 9.17) is 10.6 Å². The average Bonchev–Trinajstić information content (AvgIpc) is 3.25. The van der Waals surface area contributed by atoms with Crippen LogP contribution in [0.4, 0.5) is 5.13 Å². The predicted molar refractivity (Wildman–Crippen MR) is 123 cm³/mol. The number of amides is 2. The summed E-state index contributed by atoms with van der Waals surface area (Å²) >= 11 is 2.48. The van der Waals surface area contributed by atoms with Gasteiger partial charge in [-0.2, -0.15) is 0 Å². The molecule has 0 bridgehead atoms. The number of oxime groups is 1. The second-order valence-corrected chi connectivity index (χ2v) is 8.85. The number of allylic oxidation sites excluding steroid dienone is 1. The first-order valence-corrected chi connectivity index (χ1v) is 11.5.